The van der Waals surface area contributed by atoms with E-state index < -0.39 is 0 Å². The molecule has 0 saturated carbocycles. The van der Waals surface area contributed by atoms with Crippen LogP contribution in [0.4, 0.5) is 0 Å². The molecule has 23 heavy (non-hydrogen) atoms. The van der Waals surface area contributed by atoms with Crippen molar-refractivity contribution in [2.45, 2.75) is 53.1 Å². The van der Waals surface area contributed by atoms with Crippen molar-refractivity contribution in [3.8, 4) is 0 Å². The number of nitrogens with one attached hydrogen (secondary N) is 2. The molecule has 0 atom stereocenters. The van der Waals surface area contributed by atoms with Gasteiger partial charge >= 0.3 is 0 Å². The van der Waals surface area contributed by atoms with Gasteiger partial charge in [-0.1, -0.05) is 0 Å². The molecule has 130 valence electrons. The van der Waals surface area contributed by atoms with Crippen LogP contribution in [0.2, 0.25) is 0 Å². The molecule has 0 aliphatic carbocycles. The Morgan fingerprint density at radius 2 is 2.04 bits per heavy atom. The summed E-state index contributed by atoms with van der Waals surface area (Å²) in [6.45, 7) is 12.2. The van der Waals surface area contributed by atoms with Crippen LogP contribution in [0.3, 0.4) is 0 Å². The van der Waals surface area contributed by atoms with Gasteiger partial charge < -0.3 is 15.1 Å². The van der Waals surface area contributed by atoms with Gasteiger partial charge in [0.25, 0.3) is 0 Å². The first-order valence-electron chi connectivity index (χ1n) is 8.60. The molecule has 1 fully saturated rings. The normalized spacial score (nSPS) is 17.7. The standard InChI is InChI=1S/C17H31N5O/c1-12(2)20-17(18-5)19-10-15-6-8-22(9-7-15)11-16-21-13(3)14(4)23-16/h12,15H,6-11H2,1-5H3,(H2,18,19,20). The molecule has 1 saturated heterocycles. The predicted octanol–water partition coefficient (Wildman–Crippen LogP) is 2.08. The number of nitrogens with zero attached hydrogens (tertiary/aromatic N) is 3. The zero-order valence-corrected chi connectivity index (χ0v) is 15.1. The molecule has 2 heterocycles. The van der Waals surface area contributed by atoms with Crippen molar-refractivity contribution in [1.82, 2.24) is 20.5 Å². The lowest BCUT2D eigenvalue weighted by Gasteiger charge is -2.31. The van der Waals surface area contributed by atoms with E-state index in [1.54, 1.807) is 0 Å². The van der Waals surface area contributed by atoms with E-state index in [2.05, 4.69) is 39.4 Å². The molecular weight excluding hydrogens is 290 g/mol. The van der Waals surface area contributed by atoms with Crippen LogP contribution in [0.5, 0.6) is 0 Å². The van der Waals surface area contributed by atoms with E-state index in [0.29, 0.717) is 12.0 Å². The van der Waals surface area contributed by atoms with E-state index in [0.717, 1.165) is 49.5 Å². The minimum absolute atomic E-state index is 0.399. The van der Waals surface area contributed by atoms with Gasteiger partial charge in [0.05, 0.1) is 12.2 Å². The molecule has 1 aliphatic heterocycles. The van der Waals surface area contributed by atoms with Crippen LogP contribution in [-0.4, -0.2) is 48.6 Å². The highest BCUT2D eigenvalue weighted by atomic mass is 16.4. The van der Waals surface area contributed by atoms with Gasteiger partial charge in [-0.25, -0.2) is 4.98 Å². The maximum atomic E-state index is 5.69. The van der Waals surface area contributed by atoms with E-state index in [1.807, 2.05) is 20.9 Å². The monoisotopic (exact) mass is 321 g/mol. The Morgan fingerprint density at radius 1 is 1.35 bits per heavy atom. The van der Waals surface area contributed by atoms with Gasteiger partial charge in [0.15, 0.2) is 5.96 Å². The topological polar surface area (TPSA) is 65.7 Å². The lowest BCUT2D eigenvalue weighted by Crippen LogP contribution is -2.44. The summed E-state index contributed by atoms with van der Waals surface area (Å²) in [5.74, 6) is 3.37. The van der Waals surface area contributed by atoms with Crippen molar-refractivity contribution in [3.63, 3.8) is 0 Å². The zero-order chi connectivity index (χ0) is 16.8. The summed E-state index contributed by atoms with van der Waals surface area (Å²) < 4.78 is 5.69. The summed E-state index contributed by atoms with van der Waals surface area (Å²) in [7, 11) is 1.82. The highest BCUT2D eigenvalue weighted by molar-refractivity contribution is 5.79. The lowest BCUT2D eigenvalue weighted by atomic mass is 9.97. The van der Waals surface area contributed by atoms with E-state index in [9.17, 15) is 0 Å². The fraction of sp³-hybridized carbons (Fsp3) is 0.765. The van der Waals surface area contributed by atoms with Gasteiger partial charge in [-0.05, 0) is 59.5 Å². The SMILES string of the molecule is CN=C(NCC1CCN(Cc2nc(C)c(C)o2)CC1)NC(C)C. The summed E-state index contributed by atoms with van der Waals surface area (Å²) in [5, 5.41) is 6.76. The second-order valence-electron chi connectivity index (χ2n) is 6.72. The van der Waals surface area contributed by atoms with Crippen LogP contribution in [0, 0.1) is 19.8 Å². The Bertz CT molecular complexity index is 496. The molecule has 0 amide bonds. The molecule has 1 aromatic rings. The number of aryl methyl sites for hydroxylation is 2. The summed E-state index contributed by atoms with van der Waals surface area (Å²) in [6.07, 6.45) is 2.40. The number of piperidine rings is 1. The number of rotatable bonds is 5. The molecule has 2 rings (SSSR count). The number of hydrogen-bond acceptors (Lipinski definition) is 4. The van der Waals surface area contributed by atoms with Gasteiger partial charge in [0.1, 0.15) is 5.76 Å². The van der Waals surface area contributed by atoms with Crippen LogP contribution < -0.4 is 10.6 Å². The summed E-state index contributed by atoms with van der Waals surface area (Å²) in [6, 6.07) is 0.399. The number of hydrogen-bond donors (Lipinski definition) is 2. The molecule has 0 bridgehead atoms. The quantitative estimate of drug-likeness (QED) is 0.642. The Hall–Kier alpha value is -1.56. The Balaban J connectivity index is 1.71. The largest absolute Gasteiger partial charge is 0.444 e. The smallest absolute Gasteiger partial charge is 0.208 e. The fourth-order valence-electron chi connectivity index (χ4n) is 2.86. The Kier molecular flexibility index (Phi) is 6.45. The van der Waals surface area contributed by atoms with Gasteiger partial charge in [0.2, 0.25) is 5.89 Å². The van der Waals surface area contributed by atoms with Crippen LogP contribution in [0.15, 0.2) is 9.41 Å². The molecule has 0 spiro atoms. The summed E-state index contributed by atoms with van der Waals surface area (Å²) in [5.41, 5.74) is 1.00. The third kappa shape index (κ3) is 5.53. The molecule has 0 radical (unpaired) electrons. The molecular formula is C17H31N5O. The first kappa shape index (κ1) is 17.8. The lowest BCUT2D eigenvalue weighted by molar-refractivity contribution is 0.164. The van der Waals surface area contributed by atoms with Crippen LogP contribution >= 0.6 is 0 Å². The van der Waals surface area contributed by atoms with E-state index >= 15 is 0 Å². The highest BCUT2D eigenvalue weighted by Gasteiger charge is 2.21. The first-order valence-corrected chi connectivity index (χ1v) is 8.60. The molecule has 0 unspecified atom stereocenters. The van der Waals surface area contributed by atoms with Crippen molar-refractivity contribution in [3.05, 3.63) is 17.3 Å². The molecule has 6 heteroatoms. The maximum Gasteiger partial charge on any atom is 0.208 e. The second kappa shape index (κ2) is 8.34. The van der Waals surface area contributed by atoms with Gasteiger partial charge in [-0.2, -0.15) is 0 Å². The Morgan fingerprint density at radius 3 is 2.57 bits per heavy atom. The minimum atomic E-state index is 0.399. The molecule has 1 aromatic heterocycles. The van der Waals surface area contributed by atoms with Crippen molar-refractivity contribution in [2.24, 2.45) is 10.9 Å². The van der Waals surface area contributed by atoms with Crippen LogP contribution in [-0.2, 0) is 6.54 Å². The number of guanidine groups is 1. The van der Waals surface area contributed by atoms with Crippen molar-refractivity contribution >= 4 is 5.96 Å². The third-order valence-electron chi connectivity index (χ3n) is 4.35. The molecule has 2 N–H and O–H groups in total. The number of oxazole rings is 1. The fourth-order valence-corrected chi connectivity index (χ4v) is 2.86. The van der Waals surface area contributed by atoms with Gasteiger partial charge in [-0.3, -0.25) is 9.89 Å². The zero-order valence-electron chi connectivity index (χ0n) is 15.1. The number of aromatic nitrogens is 1. The predicted molar refractivity (Wildman–Crippen MR) is 93.6 cm³/mol. The van der Waals surface area contributed by atoms with Crippen molar-refractivity contribution < 1.29 is 4.42 Å². The number of likely N-dealkylation sites (tertiary alicyclic amines) is 1. The summed E-state index contributed by atoms with van der Waals surface area (Å²) >= 11 is 0. The van der Waals surface area contributed by atoms with E-state index in [-0.39, 0.29) is 0 Å². The highest BCUT2D eigenvalue weighted by Crippen LogP contribution is 2.19. The van der Waals surface area contributed by atoms with Gasteiger partial charge in [-0.15, -0.1) is 0 Å². The average Bonchev–Trinajstić information content (AvgIpc) is 2.82. The van der Waals surface area contributed by atoms with Crippen molar-refractivity contribution in [2.75, 3.05) is 26.7 Å². The summed E-state index contributed by atoms with van der Waals surface area (Å²) in [4.78, 5) is 11.2. The van der Waals surface area contributed by atoms with Gasteiger partial charge in [0, 0.05) is 19.6 Å². The molecule has 0 aromatic carbocycles. The number of aliphatic imine (C=N–C) groups is 1. The van der Waals surface area contributed by atoms with Crippen LogP contribution in [0.25, 0.3) is 0 Å². The van der Waals surface area contributed by atoms with Crippen LogP contribution in [0.1, 0.15) is 44.0 Å². The molecule has 1 aliphatic rings. The van der Waals surface area contributed by atoms with E-state index in [1.165, 1.54) is 12.8 Å². The second-order valence-corrected chi connectivity index (χ2v) is 6.72. The average molecular weight is 321 g/mol. The van der Waals surface area contributed by atoms with Crippen molar-refractivity contribution in [1.29, 1.82) is 0 Å². The minimum Gasteiger partial charge on any atom is -0.444 e. The third-order valence-corrected chi connectivity index (χ3v) is 4.35. The van der Waals surface area contributed by atoms with E-state index in [4.69, 9.17) is 4.42 Å². The Labute approximate surface area is 139 Å². The first-order chi connectivity index (χ1) is 11.0. The molecule has 6 nitrogen and oxygen atoms in total. The maximum absolute atomic E-state index is 5.69.